The van der Waals surface area contributed by atoms with Crippen LogP contribution in [0.5, 0.6) is 5.75 Å². The van der Waals surface area contributed by atoms with Crippen molar-refractivity contribution in [3.05, 3.63) is 59.9 Å². The van der Waals surface area contributed by atoms with Gasteiger partial charge in [-0.05, 0) is 36.2 Å². The number of anilines is 1. The monoisotopic (exact) mass is 357 g/mol. The van der Waals surface area contributed by atoms with E-state index in [2.05, 4.69) is 10.2 Å². The maximum absolute atomic E-state index is 13.0. The molecule has 0 saturated carbocycles. The third kappa shape index (κ3) is 4.95. The van der Waals surface area contributed by atoms with Gasteiger partial charge in [-0.1, -0.05) is 18.2 Å². The van der Waals surface area contributed by atoms with Gasteiger partial charge in [0.1, 0.15) is 11.6 Å². The second-order valence-electron chi connectivity index (χ2n) is 6.41. The van der Waals surface area contributed by atoms with E-state index in [0.29, 0.717) is 12.3 Å². The van der Waals surface area contributed by atoms with Gasteiger partial charge >= 0.3 is 6.03 Å². The van der Waals surface area contributed by atoms with Gasteiger partial charge < -0.3 is 15.0 Å². The summed E-state index contributed by atoms with van der Waals surface area (Å²) in [5.74, 6) is 0.495. The average molecular weight is 357 g/mol. The number of ether oxygens (including phenoxy) is 1. The van der Waals surface area contributed by atoms with Gasteiger partial charge in [0.15, 0.2) is 0 Å². The Bertz CT molecular complexity index is 736. The Hall–Kier alpha value is -2.60. The highest BCUT2D eigenvalue weighted by atomic mass is 19.1. The van der Waals surface area contributed by atoms with Gasteiger partial charge in [-0.2, -0.15) is 0 Å². The minimum Gasteiger partial charge on any atom is -0.497 e. The maximum Gasteiger partial charge on any atom is 0.321 e. The van der Waals surface area contributed by atoms with E-state index in [-0.39, 0.29) is 11.8 Å². The topological polar surface area (TPSA) is 44.8 Å². The van der Waals surface area contributed by atoms with Crippen molar-refractivity contribution in [2.75, 3.05) is 38.6 Å². The molecule has 1 fully saturated rings. The fraction of sp³-hybridized carbons (Fsp3) is 0.350. The fourth-order valence-electron chi connectivity index (χ4n) is 3.08. The van der Waals surface area contributed by atoms with Gasteiger partial charge in [-0.15, -0.1) is 0 Å². The Morgan fingerprint density at radius 3 is 2.69 bits per heavy atom. The summed E-state index contributed by atoms with van der Waals surface area (Å²) < 4.78 is 18.2. The SMILES string of the molecule is COc1cccc(NC(=O)N2CCCN(Cc3ccc(F)cc3)CC2)c1. The van der Waals surface area contributed by atoms with Crippen LogP contribution in [-0.2, 0) is 6.54 Å². The Kier molecular flexibility index (Phi) is 6.07. The number of methoxy groups -OCH3 is 1. The molecule has 1 aliphatic heterocycles. The van der Waals surface area contributed by atoms with Gasteiger partial charge in [0.2, 0.25) is 0 Å². The van der Waals surface area contributed by atoms with Crippen molar-refractivity contribution in [3.8, 4) is 5.75 Å². The summed E-state index contributed by atoms with van der Waals surface area (Å²) >= 11 is 0. The normalized spacial score (nSPS) is 15.4. The van der Waals surface area contributed by atoms with Crippen LogP contribution in [0.15, 0.2) is 48.5 Å². The molecular formula is C20H24FN3O2. The van der Waals surface area contributed by atoms with Crippen LogP contribution in [0.1, 0.15) is 12.0 Å². The summed E-state index contributed by atoms with van der Waals surface area (Å²) in [7, 11) is 1.60. The van der Waals surface area contributed by atoms with Crippen molar-refractivity contribution in [1.29, 1.82) is 0 Å². The summed E-state index contributed by atoms with van der Waals surface area (Å²) in [4.78, 5) is 16.7. The van der Waals surface area contributed by atoms with Gasteiger partial charge in [0, 0.05) is 44.5 Å². The van der Waals surface area contributed by atoms with E-state index in [1.807, 2.05) is 35.2 Å². The predicted molar refractivity (Wildman–Crippen MR) is 99.9 cm³/mol. The molecule has 0 aliphatic carbocycles. The number of carbonyl (C=O) groups excluding carboxylic acids is 1. The number of rotatable bonds is 4. The van der Waals surface area contributed by atoms with E-state index in [1.54, 1.807) is 13.2 Å². The minimum atomic E-state index is -0.218. The third-order valence-electron chi connectivity index (χ3n) is 4.52. The summed E-state index contributed by atoms with van der Waals surface area (Å²) in [6, 6.07) is 13.8. The highest BCUT2D eigenvalue weighted by Crippen LogP contribution is 2.17. The number of hydrogen-bond donors (Lipinski definition) is 1. The van der Waals surface area contributed by atoms with Crippen LogP contribution in [-0.4, -0.2) is 49.1 Å². The fourth-order valence-corrected chi connectivity index (χ4v) is 3.08. The molecule has 0 atom stereocenters. The first kappa shape index (κ1) is 18.2. The highest BCUT2D eigenvalue weighted by molar-refractivity contribution is 5.89. The van der Waals surface area contributed by atoms with Crippen LogP contribution in [0, 0.1) is 5.82 Å². The number of benzene rings is 2. The average Bonchev–Trinajstić information content (AvgIpc) is 2.89. The summed E-state index contributed by atoms with van der Waals surface area (Å²) in [6.07, 6.45) is 0.909. The second kappa shape index (κ2) is 8.67. The zero-order chi connectivity index (χ0) is 18.4. The van der Waals surface area contributed by atoms with Crippen molar-refractivity contribution < 1.29 is 13.9 Å². The summed E-state index contributed by atoms with van der Waals surface area (Å²) in [6.45, 7) is 3.86. The van der Waals surface area contributed by atoms with Crippen molar-refractivity contribution in [1.82, 2.24) is 9.80 Å². The van der Waals surface area contributed by atoms with Crippen molar-refractivity contribution in [2.24, 2.45) is 0 Å². The molecule has 0 radical (unpaired) electrons. The number of carbonyl (C=O) groups is 1. The van der Waals surface area contributed by atoms with Crippen molar-refractivity contribution in [2.45, 2.75) is 13.0 Å². The van der Waals surface area contributed by atoms with Gasteiger partial charge in [0.05, 0.1) is 7.11 Å². The first-order chi connectivity index (χ1) is 12.6. The Morgan fingerprint density at radius 1 is 1.12 bits per heavy atom. The second-order valence-corrected chi connectivity index (χ2v) is 6.41. The van der Waals surface area contributed by atoms with Gasteiger partial charge in [-0.3, -0.25) is 4.90 Å². The molecule has 138 valence electrons. The van der Waals surface area contributed by atoms with E-state index >= 15 is 0 Å². The lowest BCUT2D eigenvalue weighted by Crippen LogP contribution is -2.38. The molecule has 1 N–H and O–H groups in total. The lowest BCUT2D eigenvalue weighted by atomic mass is 10.2. The number of urea groups is 1. The van der Waals surface area contributed by atoms with Crippen LogP contribution in [0.4, 0.5) is 14.9 Å². The van der Waals surface area contributed by atoms with Crippen LogP contribution in [0.25, 0.3) is 0 Å². The van der Waals surface area contributed by atoms with Crippen LogP contribution in [0.2, 0.25) is 0 Å². The van der Waals surface area contributed by atoms with E-state index in [0.717, 1.165) is 43.9 Å². The molecule has 2 amide bonds. The minimum absolute atomic E-state index is 0.0955. The zero-order valence-corrected chi connectivity index (χ0v) is 15.0. The molecule has 0 aromatic heterocycles. The molecule has 0 spiro atoms. The quantitative estimate of drug-likeness (QED) is 0.910. The Morgan fingerprint density at radius 2 is 1.92 bits per heavy atom. The number of nitrogens with one attached hydrogen (secondary N) is 1. The lowest BCUT2D eigenvalue weighted by Gasteiger charge is -2.22. The molecule has 0 bridgehead atoms. The maximum atomic E-state index is 13.0. The van der Waals surface area contributed by atoms with Crippen molar-refractivity contribution in [3.63, 3.8) is 0 Å². The van der Waals surface area contributed by atoms with Crippen LogP contribution in [0.3, 0.4) is 0 Å². The molecule has 3 rings (SSSR count). The zero-order valence-electron chi connectivity index (χ0n) is 15.0. The van der Waals surface area contributed by atoms with Crippen LogP contribution >= 0.6 is 0 Å². The summed E-state index contributed by atoms with van der Waals surface area (Å²) in [5.41, 5.74) is 1.81. The first-order valence-electron chi connectivity index (χ1n) is 8.81. The van der Waals surface area contributed by atoms with E-state index in [1.165, 1.54) is 12.1 Å². The van der Waals surface area contributed by atoms with Crippen LogP contribution < -0.4 is 10.1 Å². The predicted octanol–water partition coefficient (Wildman–Crippen LogP) is 3.57. The molecule has 2 aromatic rings. The molecule has 0 unspecified atom stereocenters. The van der Waals surface area contributed by atoms with Gasteiger partial charge in [0.25, 0.3) is 0 Å². The van der Waals surface area contributed by atoms with E-state index < -0.39 is 0 Å². The number of nitrogens with zero attached hydrogens (tertiary/aromatic N) is 2. The van der Waals surface area contributed by atoms with E-state index in [9.17, 15) is 9.18 Å². The number of halogens is 1. The number of hydrogen-bond acceptors (Lipinski definition) is 3. The molecule has 26 heavy (non-hydrogen) atoms. The number of amides is 2. The highest BCUT2D eigenvalue weighted by Gasteiger charge is 2.19. The molecule has 1 aliphatic rings. The summed E-state index contributed by atoms with van der Waals surface area (Å²) in [5, 5.41) is 2.93. The largest absolute Gasteiger partial charge is 0.497 e. The van der Waals surface area contributed by atoms with E-state index in [4.69, 9.17) is 4.74 Å². The van der Waals surface area contributed by atoms with Crippen molar-refractivity contribution >= 4 is 11.7 Å². The standard InChI is InChI=1S/C20H24FN3O2/c1-26-19-5-2-4-18(14-19)22-20(25)24-11-3-10-23(12-13-24)15-16-6-8-17(21)9-7-16/h2,4-9,14H,3,10-13,15H2,1H3,(H,22,25). The Labute approximate surface area is 153 Å². The molecule has 6 heteroatoms. The Balaban J connectivity index is 1.54. The van der Waals surface area contributed by atoms with Gasteiger partial charge in [-0.25, -0.2) is 9.18 Å². The lowest BCUT2D eigenvalue weighted by molar-refractivity contribution is 0.211. The molecule has 1 heterocycles. The smallest absolute Gasteiger partial charge is 0.321 e. The first-order valence-corrected chi connectivity index (χ1v) is 8.81. The molecule has 5 nitrogen and oxygen atoms in total. The third-order valence-corrected chi connectivity index (χ3v) is 4.52. The molecule has 1 saturated heterocycles. The molecule has 2 aromatic carbocycles. The molecular weight excluding hydrogens is 333 g/mol.